The monoisotopic (exact) mass is 459 g/mol. The van der Waals surface area contributed by atoms with E-state index in [1.807, 2.05) is 34.7 Å². The molecule has 2 aliphatic rings. The minimum absolute atomic E-state index is 0.0671. The summed E-state index contributed by atoms with van der Waals surface area (Å²) in [5.41, 5.74) is 2.88. The summed E-state index contributed by atoms with van der Waals surface area (Å²) in [5, 5.41) is 8.53. The number of amides is 2. The minimum atomic E-state index is -0.381. The second-order valence-electron chi connectivity index (χ2n) is 9.16. The number of benzene rings is 1. The molecule has 2 amide bonds. The zero-order valence-electron chi connectivity index (χ0n) is 18.9. The highest BCUT2D eigenvalue weighted by Gasteiger charge is 2.35. The van der Waals surface area contributed by atoms with Crippen molar-refractivity contribution in [1.29, 1.82) is 0 Å². The fraction of sp³-hybridized carbons (Fsp3) is 0.522. The molecule has 2 aromatic rings. The Morgan fingerprint density at radius 1 is 1.19 bits per heavy atom. The number of ether oxygens (including phenoxy) is 1. The van der Waals surface area contributed by atoms with E-state index in [1.165, 1.54) is 0 Å². The van der Waals surface area contributed by atoms with E-state index in [0.717, 1.165) is 36.3 Å². The van der Waals surface area contributed by atoms with Crippen LogP contribution in [0.2, 0.25) is 5.02 Å². The molecule has 32 heavy (non-hydrogen) atoms. The first-order valence-corrected chi connectivity index (χ1v) is 11.4. The molecular weight excluding hydrogens is 430 g/mol. The molecule has 1 aromatic carbocycles. The maximum absolute atomic E-state index is 13.2. The number of halogens is 1. The van der Waals surface area contributed by atoms with Crippen molar-refractivity contribution in [1.82, 2.24) is 24.9 Å². The number of aryl methyl sites for hydroxylation is 2. The Morgan fingerprint density at radius 2 is 2.00 bits per heavy atom. The molecule has 9 heteroatoms. The maximum atomic E-state index is 13.2. The first kappa shape index (κ1) is 22.6. The number of hydrogen-bond acceptors (Lipinski definition) is 5. The van der Waals surface area contributed by atoms with Crippen LogP contribution in [-0.4, -0.2) is 63.3 Å². The number of rotatable bonds is 3. The van der Waals surface area contributed by atoms with Gasteiger partial charge in [0.25, 0.3) is 5.91 Å². The average Bonchev–Trinajstić information content (AvgIpc) is 3.02. The third-order valence-corrected chi connectivity index (χ3v) is 6.22. The van der Waals surface area contributed by atoms with Gasteiger partial charge in [-0.2, -0.15) is 5.10 Å². The van der Waals surface area contributed by atoms with E-state index >= 15 is 0 Å². The Bertz CT molecular complexity index is 999. The summed E-state index contributed by atoms with van der Waals surface area (Å²) in [6.45, 7) is 9.98. The van der Waals surface area contributed by atoms with Gasteiger partial charge in [-0.15, -0.1) is 0 Å². The number of nitrogens with one attached hydrogen (secondary N) is 1. The van der Waals surface area contributed by atoms with Gasteiger partial charge in [-0.3, -0.25) is 9.48 Å². The third kappa shape index (κ3) is 4.91. The van der Waals surface area contributed by atoms with Gasteiger partial charge in [0.05, 0.1) is 17.8 Å². The quantitative estimate of drug-likeness (QED) is 0.762. The molecule has 0 saturated carbocycles. The standard InChI is InChI=1S/C23H30ClN5O3/c1-16-9-17(11-18(24)10-16)14-32-22(31)27-6-4-7-29-19(13-27)12-20(26-29)21(30)28-8-5-25-15-23(28,2)3/h9-12,25H,4-8,13-15H2,1-3H3. The van der Waals surface area contributed by atoms with Gasteiger partial charge in [0, 0.05) is 37.7 Å². The van der Waals surface area contributed by atoms with Crippen LogP contribution in [0.5, 0.6) is 0 Å². The fourth-order valence-electron chi connectivity index (χ4n) is 4.35. The Labute approximate surface area is 193 Å². The van der Waals surface area contributed by atoms with E-state index in [4.69, 9.17) is 16.3 Å². The molecule has 3 heterocycles. The molecule has 1 N–H and O–H groups in total. The van der Waals surface area contributed by atoms with Crippen molar-refractivity contribution in [2.75, 3.05) is 26.2 Å². The van der Waals surface area contributed by atoms with Gasteiger partial charge in [0.1, 0.15) is 6.61 Å². The summed E-state index contributed by atoms with van der Waals surface area (Å²) in [6, 6.07) is 7.43. The SMILES string of the molecule is Cc1cc(Cl)cc(COC(=O)N2CCCn3nc(C(=O)N4CCNCC4(C)C)cc3C2)c1. The van der Waals surface area contributed by atoms with Gasteiger partial charge >= 0.3 is 6.09 Å². The van der Waals surface area contributed by atoms with Crippen LogP contribution in [-0.2, 0) is 24.4 Å². The Morgan fingerprint density at radius 3 is 2.75 bits per heavy atom. The maximum Gasteiger partial charge on any atom is 0.410 e. The van der Waals surface area contributed by atoms with Crippen molar-refractivity contribution < 1.29 is 14.3 Å². The average molecular weight is 460 g/mol. The molecule has 1 fully saturated rings. The third-order valence-electron chi connectivity index (χ3n) is 6.00. The molecule has 0 atom stereocenters. The van der Waals surface area contributed by atoms with Crippen molar-refractivity contribution in [3.8, 4) is 0 Å². The molecule has 172 valence electrons. The van der Waals surface area contributed by atoms with Crippen molar-refractivity contribution in [3.63, 3.8) is 0 Å². The number of carbonyl (C=O) groups is 2. The molecule has 0 radical (unpaired) electrons. The fourth-order valence-corrected chi connectivity index (χ4v) is 4.66. The van der Waals surface area contributed by atoms with E-state index in [1.54, 1.807) is 11.0 Å². The van der Waals surface area contributed by atoms with Gasteiger partial charge < -0.3 is 19.9 Å². The van der Waals surface area contributed by atoms with Gasteiger partial charge in [-0.1, -0.05) is 17.7 Å². The molecule has 1 aromatic heterocycles. The lowest BCUT2D eigenvalue weighted by Gasteiger charge is -2.42. The van der Waals surface area contributed by atoms with Crippen LogP contribution in [0.15, 0.2) is 24.3 Å². The number of hydrogen-bond donors (Lipinski definition) is 1. The lowest BCUT2D eigenvalue weighted by molar-refractivity contribution is 0.0470. The van der Waals surface area contributed by atoms with Gasteiger partial charge in [0.2, 0.25) is 0 Å². The van der Waals surface area contributed by atoms with Crippen LogP contribution < -0.4 is 5.32 Å². The van der Waals surface area contributed by atoms with Gasteiger partial charge in [-0.05, 0) is 56.5 Å². The van der Waals surface area contributed by atoms with Crippen molar-refractivity contribution in [2.24, 2.45) is 0 Å². The lowest BCUT2D eigenvalue weighted by Crippen LogP contribution is -2.59. The molecule has 4 rings (SSSR count). The van der Waals surface area contributed by atoms with E-state index in [0.29, 0.717) is 36.9 Å². The minimum Gasteiger partial charge on any atom is -0.445 e. The lowest BCUT2D eigenvalue weighted by atomic mass is 9.99. The van der Waals surface area contributed by atoms with Crippen molar-refractivity contribution in [3.05, 3.63) is 51.8 Å². The van der Waals surface area contributed by atoms with E-state index in [9.17, 15) is 9.59 Å². The van der Waals surface area contributed by atoms with Crippen LogP contribution in [0.3, 0.4) is 0 Å². The molecule has 2 aliphatic heterocycles. The molecule has 0 unspecified atom stereocenters. The highest BCUT2D eigenvalue weighted by atomic mass is 35.5. The summed E-state index contributed by atoms with van der Waals surface area (Å²) in [4.78, 5) is 29.4. The summed E-state index contributed by atoms with van der Waals surface area (Å²) < 4.78 is 7.38. The van der Waals surface area contributed by atoms with Crippen LogP contribution >= 0.6 is 11.6 Å². The summed E-state index contributed by atoms with van der Waals surface area (Å²) in [5.74, 6) is -0.0671. The van der Waals surface area contributed by atoms with E-state index in [-0.39, 0.29) is 24.1 Å². The number of aromatic nitrogens is 2. The second-order valence-corrected chi connectivity index (χ2v) is 9.59. The van der Waals surface area contributed by atoms with Crippen molar-refractivity contribution in [2.45, 2.75) is 52.4 Å². The largest absolute Gasteiger partial charge is 0.445 e. The first-order valence-electron chi connectivity index (χ1n) is 11.0. The molecule has 0 bridgehead atoms. The smallest absolute Gasteiger partial charge is 0.410 e. The summed E-state index contributed by atoms with van der Waals surface area (Å²) in [7, 11) is 0. The zero-order valence-corrected chi connectivity index (χ0v) is 19.6. The Balaban J connectivity index is 1.43. The Kier molecular flexibility index (Phi) is 6.44. The zero-order chi connectivity index (χ0) is 22.9. The summed E-state index contributed by atoms with van der Waals surface area (Å²) >= 11 is 6.10. The highest BCUT2D eigenvalue weighted by molar-refractivity contribution is 6.30. The van der Waals surface area contributed by atoms with E-state index in [2.05, 4.69) is 24.3 Å². The normalized spacial score (nSPS) is 18.1. The van der Waals surface area contributed by atoms with Crippen molar-refractivity contribution >= 4 is 23.6 Å². The molecular formula is C23H30ClN5O3. The molecule has 8 nitrogen and oxygen atoms in total. The van der Waals surface area contributed by atoms with Gasteiger partial charge in [0.15, 0.2) is 5.69 Å². The number of piperazine rings is 1. The van der Waals surface area contributed by atoms with Gasteiger partial charge in [-0.25, -0.2) is 4.79 Å². The number of fused-ring (bicyclic) bond motifs is 1. The summed E-state index contributed by atoms with van der Waals surface area (Å²) in [6.07, 6.45) is 0.362. The Hall–Kier alpha value is -2.58. The van der Waals surface area contributed by atoms with E-state index < -0.39 is 0 Å². The topological polar surface area (TPSA) is 79.7 Å². The molecule has 1 saturated heterocycles. The number of nitrogens with zero attached hydrogens (tertiary/aromatic N) is 4. The predicted molar refractivity (Wildman–Crippen MR) is 122 cm³/mol. The highest BCUT2D eigenvalue weighted by Crippen LogP contribution is 2.22. The first-order chi connectivity index (χ1) is 15.2. The predicted octanol–water partition coefficient (Wildman–Crippen LogP) is 3.21. The van der Waals surface area contributed by atoms with Crippen LogP contribution in [0.25, 0.3) is 0 Å². The molecule has 0 spiro atoms. The number of carbonyl (C=O) groups excluding carboxylic acids is 2. The van der Waals surface area contributed by atoms with Crippen LogP contribution in [0.1, 0.15) is 47.6 Å². The van der Waals surface area contributed by atoms with Crippen LogP contribution in [0, 0.1) is 6.92 Å². The second kappa shape index (κ2) is 9.11. The molecule has 0 aliphatic carbocycles. The van der Waals surface area contributed by atoms with Crippen LogP contribution in [0.4, 0.5) is 4.79 Å².